The molecule has 1 aliphatic heterocycles. The Balaban J connectivity index is 1.48. The topological polar surface area (TPSA) is 364 Å². The van der Waals surface area contributed by atoms with Gasteiger partial charge in [0.25, 0.3) is 0 Å². The van der Waals surface area contributed by atoms with E-state index < -0.39 is 84.6 Å². The Bertz CT molecular complexity index is 1880. The quantitative estimate of drug-likeness (QED) is 0.0311. The molecule has 314 valence electrons. The Labute approximate surface area is 323 Å². The number of carbonyl (C=O) groups is 3. The Morgan fingerprint density at radius 1 is 1.09 bits per heavy atom. The maximum atomic E-state index is 12.7. The fraction of sp³-hybridized carbons (Fsp3) is 0.571. The fourth-order valence-electron chi connectivity index (χ4n) is 4.72. The number of nitrogens with one attached hydrogen (secondary N) is 2. The third-order valence-corrected chi connectivity index (χ3v) is 11.5. The van der Waals surface area contributed by atoms with E-state index in [4.69, 9.17) is 19.5 Å². The SMILES string of the molecule is C=CCCC=CC(=O)SCCNC(=O)CCNC(=O)C(O)C(C)(C)COP(=O)(O)OP(=O)(O)OC[C@H]1O[C@@H](n2cnc3c(N)ncnc32)[C@H](O)[C@@H]1OP(=O)(O)O. The number of nitrogen functional groups attached to an aromatic ring is 1. The molecular formula is C28H44N7O17P3S. The monoisotopic (exact) mass is 875 g/mol. The van der Waals surface area contributed by atoms with Crippen molar-refractivity contribution >= 4 is 69.1 Å². The molecule has 0 radical (unpaired) electrons. The Morgan fingerprint density at radius 2 is 1.79 bits per heavy atom. The molecule has 1 fully saturated rings. The van der Waals surface area contributed by atoms with Crippen molar-refractivity contribution < 1.29 is 80.5 Å². The zero-order valence-corrected chi connectivity index (χ0v) is 33.4. The zero-order valence-electron chi connectivity index (χ0n) is 29.9. The van der Waals surface area contributed by atoms with Crippen LogP contribution >= 0.6 is 35.2 Å². The minimum Gasteiger partial charge on any atom is -0.386 e. The Kier molecular flexibility index (Phi) is 17.5. The van der Waals surface area contributed by atoms with Crippen molar-refractivity contribution in [2.45, 2.75) is 63.8 Å². The van der Waals surface area contributed by atoms with Gasteiger partial charge in [-0.25, -0.2) is 28.6 Å². The highest BCUT2D eigenvalue weighted by Crippen LogP contribution is 2.61. The lowest BCUT2D eigenvalue weighted by Crippen LogP contribution is -2.46. The number of ether oxygens (including phenoxy) is 1. The molecule has 0 bridgehead atoms. The molecule has 28 heteroatoms. The van der Waals surface area contributed by atoms with Crippen LogP contribution in [0.25, 0.3) is 11.2 Å². The molecule has 3 rings (SSSR count). The van der Waals surface area contributed by atoms with Gasteiger partial charge in [0.15, 0.2) is 17.7 Å². The Hall–Kier alpha value is -2.96. The summed E-state index contributed by atoms with van der Waals surface area (Å²) in [7, 11) is -16.4. The van der Waals surface area contributed by atoms with Gasteiger partial charge in [-0.3, -0.25) is 32.5 Å². The van der Waals surface area contributed by atoms with Gasteiger partial charge in [0.2, 0.25) is 16.9 Å². The lowest BCUT2D eigenvalue weighted by molar-refractivity contribution is -0.137. The summed E-state index contributed by atoms with van der Waals surface area (Å²) in [5.41, 5.74) is 4.25. The molecule has 3 unspecified atom stereocenters. The number of phosphoric ester groups is 3. The van der Waals surface area contributed by atoms with Crippen LogP contribution in [0.1, 0.15) is 39.3 Å². The first kappa shape index (κ1) is 47.4. The molecule has 2 aromatic heterocycles. The van der Waals surface area contributed by atoms with Crippen LogP contribution in [0.5, 0.6) is 0 Å². The molecule has 56 heavy (non-hydrogen) atoms. The third-order valence-electron chi connectivity index (χ3n) is 7.54. The van der Waals surface area contributed by atoms with Crippen LogP contribution in [0.2, 0.25) is 0 Å². The van der Waals surface area contributed by atoms with Gasteiger partial charge in [-0.05, 0) is 18.9 Å². The summed E-state index contributed by atoms with van der Waals surface area (Å²) in [5, 5.41) is 26.2. The highest BCUT2D eigenvalue weighted by molar-refractivity contribution is 8.14. The molecule has 0 spiro atoms. The van der Waals surface area contributed by atoms with E-state index in [1.807, 2.05) is 0 Å². The summed E-state index contributed by atoms with van der Waals surface area (Å²) in [5.74, 6) is -1.15. The highest BCUT2D eigenvalue weighted by atomic mass is 32.2. The number of amides is 2. The minimum atomic E-state index is -5.57. The van der Waals surface area contributed by atoms with Crippen molar-refractivity contribution in [3.63, 3.8) is 0 Å². The summed E-state index contributed by atoms with van der Waals surface area (Å²) < 4.78 is 62.1. The van der Waals surface area contributed by atoms with Crippen LogP contribution in [-0.2, 0) is 50.7 Å². The lowest BCUT2D eigenvalue weighted by Gasteiger charge is -2.30. The van der Waals surface area contributed by atoms with Crippen LogP contribution in [0, 0.1) is 5.41 Å². The number of nitrogens with two attached hydrogens (primary N) is 1. The number of unbranched alkanes of at least 4 members (excludes halogenated alkanes) is 1. The average Bonchev–Trinajstić information content (AvgIpc) is 3.66. The largest absolute Gasteiger partial charge is 0.481 e. The third kappa shape index (κ3) is 14.8. The first-order valence-corrected chi connectivity index (χ1v) is 21.9. The number of aromatic nitrogens is 4. The van der Waals surface area contributed by atoms with E-state index in [9.17, 15) is 57.9 Å². The highest BCUT2D eigenvalue weighted by Gasteiger charge is 2.50. The van der Waals surface area contributed by atoms with Gasteiger partial charge in [-0.1, -0.05) is 37.8 Å². The number of thioether (sulfide) groups is 1. The van der Waals surface area contributed by atoms with Crippen LogP contribution in [0.15, 0.2) is 37.5 Å². The molecule has 7 atom stereocenters. The molecule has 1 saturated heterocycles. The average molecular weight is 876 g/mol. The predicted molar refractivity (Wildman–Crippen MR) is 196 cm³/mol. The maximum Gasteiger partial charge on any atom is 0.481 e. The smallest absolute Gasteiger partial charge is 0.386 e. The molecule has 0 saturated carbocycles. The molecule has 3 heterocycles. The van der Waals surface area contributed by atoms with E-state index in [-0.39, 0.29) is 41.6 Å². The number of carbonyl (C=O) groups excluding carboxylic acids is 3. The van der Waals surface area contributed by atoms with Gasteiger partial charge in [-0.15, -0.1) is 6.58 Å². The number of hydrogen-bond acceptors (Lipinski definition) is 18. The lowest BCUT2D eigenvalue weighted by atomic mass is 9.87. The van der Waals surface area contributed by atoms with Crippen molar-refractivity contribution in [1.29, 1.82) is 0 Å². The van der Waals surface area contributed by atoms with Gasteiger partial charge < -0.3 is 50.9 Å². The molecule has 10 N–H and O–H groups in total. The number of aliphatic hydroxyl groups excluding tert-OH is 2. The number of aliphatic hydroxyl groups is 2. The number of nitrogens with zero attached hydrogens (tertiary/aromatic N) is 4. The second-order valence-electron chi connectivity index (χ2n) is 12.5. The number of hydrogen-bond donors (Lipinski definition) is 9. The normalized spacial score (nSPS) is 21.7. The van der Waals surface area contributed by atoms with Crippen LogP contribution < -0.4 is 16.4 Å². The van der Waals surface area contributed by atoms with Gasteiger partial charge in [0.1, 0.15) is 36.3 Å². The minimum absolute atomic E-state index is 0.0291. The summed E-state index contributed by atoms with van der Waals surface area (Å²) in [6, 6.07) is 0. The number of phosphoric acid groups is 3. The van der Waals surface area contributed by atoms with Crippen molar-refractivity contribution in [3.8, 4) is 0 Å². The summed E-state index contributed by atoms with van der Waals surface area (Å²) in [6.45, 7) is 4.05. The van der Waals surface area contributed by atoms with E-state index >= 15 is 0 Å². The van der Waals surface area contributed by atoms with E-state index in [0.717, 1.165) is 35.4 Å². The number of imidazole rings is 1. The molecule has 24 nitrogen and oxygen atoms in total. The van der Waals surface area contributed by atoms with E-state index in [1.54, 1.807) is 12.2 Å². The van der Waals surface area contributed by atoms with Crippen molar-refractivity contribution in [2.75, 3.05) is 37.8 Å². The molecule has 2 aromatic rings. The maximum absolute atomic E-state index is 12.7. The molecule has 0 aromatic carbocycles. The Morgan fingerprint density at radius 3 is 2.46 bits per heavy atom. The van der Waals surface area contributed by atoms with E-state index in [2.05, 4.69) is 41.0 Å². The predicted octanol–water partition coefficient (Wildman–Crippen LogP) is 0.187. The molecule has 0 aliphatic carbocycles. The second-order valence-corrected chi connectivity index (χ2v) is 17.8. The fourth-order valence-corrected chi connectivity index (χ4v) is 8.15. The van der Waals surface area contributed by atoms with Crippen molar-refractivity contribution in [1.82, 2.24) is 30.2 Å². The van der Waals surface area contributed by atoms with E-state index in [0.29, 0.717) is 12.2 Å². The van der Waals surface area contributed by atoms with Crippen LogP contribution in [-0.4, -0.2) is 123 Å². The first-order valence-electron chi connectivity index (χ1n) is 16.4. The summed E-state index contributed by atoms with van der Waals surface area (Å²) >= 11 is 1.02. The number of rotatable bonds is 23. The molecular weight excluding hydrogens is 831 g/mol. The van der Waals surface area contributed by atoms with Gasteiger partial charge in [0, 0.05) is 30.7 Å². The first-order chi connectivity index (χ1) is 26.1. The van der Waals surface area contributed by atoms with Crippen LogP contribution in [0.3, 0.4) is 0 Å². The number of allylic oxidation sites excluding steroid dienone is 2. The number of fused-ring (bicyclic) bond motifs is 1. The van der Waals surface area contributed by atoms with Gasteiger partial charge in [-0.2, -0.15) is 4.31 Å². The van der Waals surface area contributed by atoms with E-state index in [1.165, 1.54) is 19.9 Å². The molecule has 1 aliphatic rings. The van der Waals surface area contributed by atoms with Crippen LogP contribution in [0.4, 0.5) is 5.82 Å². The van der Waals surface area contributed by atoms with Gasteiger partial charge >= 0.3 is 23.5 Å². The molecule has 2 amide bonds. The van der Waals surface area contributed by atoms with Gasteiger partial charge in [0.05, 0.1) is 19.5 Å². The number of anilines is 1. The zero-order chi connectivity index (χ0) is 41.9. The van der Waals surface area contributed by atoms with Crippen molar-refractivity contribution in [2.24, 2.45) is 5.41 Å². The summed E-state index contributed by atoms with van der Waals surface area (Å²) in [6.07, 6.45) is -0.595. The van der Waals surface area contributed by atoms with Crippen molar-refractivity contribution in [3.05, 3.63) is 37.5 Å². The second kappa shape index (κ2) is 20.6. The summed E-state index contributed by atoms with van der Waals surface area (Å²) in [4.78, 5) is 87.3. The standard InChI is InChI=1S/C28H44N7O17P3S/c1-4-5-6-7-8-19(37)56-12-11-30-18(36)9-10-31-26(40)23(39)28(2,3)14-49-55(46,47)52-54(44,45)48-13-17-22(51-53(41,42)43)21(38)27(50-17)35-16-34-20-24(29)32-15-33-25(20)35/h4,7-8,15-17,21-23,27,38-39H,1,5-6,9-14H2,2-3H3,(H,30,36)(H,31,40)(H,44,45)(H,46,47)(H2,29,32,33)(H2,41,42,43)/t17-,21-,22-,23?,27-/m1/s1.